The Morgan fingerprint density at radius 3 is 2.50 bits per heavy atom. The van der Waals surface area contributed by atoms with Crippen LogP contribution in [0.25, 0.3) is 0 Å². The van der Waals surface area contributed by atoms with E-state index in [1.54, 1.807) is 31.3 Å². The zero-order chi connectivity index (χ0) is 19.3. The van der Waals surface area contributed by atoms with Gasteiger partial charge >= 0.3 is 5.97 Å². The molecular weight excluding hydrogens is 362 g/mol. The van der Waals surface area contributed by atoms with Gasteiger partial charge in [-0.3, -0.25) is 14.9 Å². The van der Waals surface area contributed by atoms with Gasteiger partial charge in [0, 0.05) is 24.7 Å². The lowest BCUT2D eigenvalue weighted by Crippen LogP contribution is -2.30. The average molecular weight is 378 g/mol. The van der Waals surface area contributed by atoms with Gasteiger partial charge in [-0.25, -0.2) is 4.79 Å². The van der Waals surface area contributed by atoms with E-state index in [1.807, 2.05) is 0 Å². The van der Waals surface area contributed by atoms with Crippen molar-refractivity contribution in [2.75, 3.05) is 19.4 Å². The summed E-state index contributed by atoms with van der Waals surface area (Å²) in [6, 6.07) is 10.5. The van der Waals surface area contributed by atoms with E-state index in [4.69, 9.17) is 22.1 Å². The van der Waals surface area contributed by atoms with Crippen molar-refractivity contribution in [3.8, 4) is 0 Å². The van der Waals surface area contributed by atoms with Gasteiger partial charge in [-0.15, -0.1) is 0 Å². The molecule has 0 aliphatic carbocycles. The molecule has 2 N–H and O–H groups in total. The molecule has 0 saturated heterocycles. The molecule has 8 nitrogen and oxygen atoms in total. The van der Waals surface area contributed by atoms with Crippen LogP contribution in [0.5, 0.6) is 0 Å². The van der Waals surface area contributed by atoms with E-state index in [9.17, 15) is 19.7 Å². The van der Waals surface area contributed by atoms with E-state index >= 15 is 0 Å². The highest BCUT2D eigenvalue weighted by Crippen LogP contribution is 2.22. The van der Waals surface area contributed by atoms with Crippen molar-refractivity contribution in [1.29, 1.82) is 0 Å². The maximum Gasteiger partial charge on any atom is 0.338 e. The van der Waals surface area contributed by atoms with Crippen LogP contribution in [0.2, 0.25) is 5.02 Å². The topological polar surface area (TPSA) is 116 Å². The van der Waals surface area contributed by atoms with E-state index in [0.717, 1.165) is 11.6 Å². The van der Waals surface area contributed by atoms with Crippen molar-refractivity contribution >= 4 is 34.9 Å². The number of ether oxygens (including phenoxy) is 1. The predicted octanol–water partition coefficient (Wildman–Crippen LogP) is 2.65. The quantitative estimate of drug-likeness (QED) is 0.358. The van der Waals surface area contributed by atoms with Gasteiger partial charge in [0.1, 0.15) is 5.69 Å². The lowest BCUT2D eigenvalue weighted by molar-refractivity contribution is -0.383. The van der Waals surface area contributed by atoms with Gasteiger partial charge in [0.2, 0.25) is 0 Å². The number of nitro benzene ring substituents is 1. The van der Waals surface area contributed by atoms with Crippen molar-refractivity contribution in [1.82, 2.24) is 4.90 Å². The number of nitrogen functional groups attached to an aromatic ring is 1. The molecule has 0 radical (unpaired) electrons. The summed E-state index contributed by atoms with van der Waals surface area (Å²) in [5.41, 5.74) is 5.82. The number of esters is 1. The van der Waals surface area contributed by atoms with Crippen LogP contribution in [0.1, 0.15) is 15.9 Å². The fraction of sp³-hybridized carbons (Fsp3) is 0.176. The summed E-state index contributed by atoms with van der Waals surface area (Å²) in [6.45, 7) is -0.165. The fourth-order valence-electron chi connectivity index (χ4n) is 2.10. The first-order chi connectivity index (χ1) is 12.3. The number of hydrogen-bond donors (Lipinski definition) is 1. The molecule has 0 spiro atoms. The van der Waals surface area contributed by atoms with Crippen LogP contribution in [0, 0.1) is 10.1 Å². The van der Waals surface area contributed by atoms with Crippen LogP contribution in [-0.2, 0) is 16.1 Å². The summed E-state index contributed by atoms with van der Waals surface area (Å²) in [6.07, 6.45) is 0. The molecule has 0 atom stereocenters. The van der Waals surface area contributed by atoms with Crippen molar-refractivity contribution in [2.45, 2.75) is 6.54 Å². The van der Waals surface area contributed by atoms with Crippen LogP contribution in [0.15, 0.2) is 42.5 Å². The highest BCUT2D eigenvalue weighted by molar-refractivity contribution is 6.30. The smallest absolute Gasteiger partial charge is 0.338 e. The molecule has 0 unspecified atom stereocenters. The number of halogens is 1. The molecule has 1 amide bonds. The zero-order valence-electron chi connectivity index (χ0n) is 13.8. The van der Waals surface area contributed by atoms with E-state index in [0.29, 0.717) is 11.6 Å². The molecule has 0 aromatic heterocycles. The second-order valence-corrected chi connectivity index (χ2v) is 5.92. The van der Waals surface area contributed by atoms with Crippen molar-refractivity contribution in [3.63, 3.8) is 0 Å². The van der Waals surface area contributed by atoms with Gasteiger partial charge in [-0.1, -0.05) is 23.7 Å². The summed E-state index contributed by atoms with van der Waals surface area (Å²) < 4.78 is 4.93. The first kappa shape index (κ1) is 19.2. The Bertz CT molecular complexity index is 839. The lowest BCUT2D eigenvalue weighted by Gasteiger charge is -2.17. The Balaban J connectivity index is 1.93. The number of benzene rings is 2. The third-order valence-corrected chi connectivity index (χ3v) is 3.80. The maximum atomic E-state index is 12.1. The largest absolute Gasteiger partial charge is 0.452 e. The molecule has 0 bridgehead atoms. The molecule has 0 saturated carbocycles. The Labute approximate surface area is 154 Å². The molecule has 2 aromatic carbocycles. The molecule has 0 heterocycles. The Kier molecular flexibility index (Phi) is 6.13. The second-order valence-electron chi connectivity index (χ2n) is 5.48. The Morgan fingerprint density at radius 1 is 1.23 bits per heavy atom. The van der Waals surface area contributed by atoms with E-state index in [2.05, 4.69) is 0 Å². The van der Waals surface area contributed by atoms with Crippen molar-refractivity contribution in [3.05, 3.63) is 68.7 Å². The van der Waals surface area contributed by atoms with Gasteiger partial charge in [0.05, 0.1) is 10.5 Å². The zero-order valence-corrected chi connectivity index (χ0v) is 14.6. The maximum absolute atomic E-state index is 12.1. The Morgan fingerprint density at radius 2 is 1.88 bits per heavy atom. The molecule has 0 aliphatic rings. The summed E-state index contributed by atoms with van der Waals surface area (Å²) in [4.78, 5) is 35.6. The molecule has 2 aromatic rings. The number of rotatable bonds is 6. The van der Waals surface area contributed by atoms with Gasteiger partial charge in [-0.05, 0) is 29.8 Å². The number of likely N-dealkylation sites (N-methyl/N-ethyl adjacent to an activating group) is 1. The number of amides is 1. The number of hydrogen-bond acceptors (Lipinski definition) is 6. The number of carbonyl (C=O) groups excluding carboxylic acids is 2. The second kappa shape index (κ2) is 8.30. The molecular formula is C17H16ClN3O5. The van der Waals surface area contributed by atoms with E-state index < -0.39 is 29.1 Å². The minimum atomic E-state index is -0.846. The third kappa shape index (κ3) is 4.93. The monoisotopic (exact) mass is 377 g/mol. The minimum absolute atomic E-state index is 0.0564. The highest BCUT2D eigenvalue weighted by atomic mass is 35.5. The summed E-state index contributed by atoms with van der Waals surface area (Å²) in [5, 5.41) is 11.4. The van der Waals surface area contributed by atoms with Gasteiger partial charge < -0.3 is 15.4 Å². The molecule has 2 rings (SSSR count). The molecule has 0 aliphatic heterocycles. The van der Waals surface area contributed by atoms with Gasteiger partial charge in [0.25, 0.3) is 11.6 Å². The molecule has 9 heteroatoms. The minimum Gasteiger partial charge on any atom is -0.452 e. The van der Waals surface area contributed by atoms with Gasteiger partial charge in [0.15, 0.2) is 6.61 Å². The van der Waals surface area contributed by atoms with Crippen molar-refractivity contribution in [2.24, 2.45) is 0 Å². The lowest BCUT2D eigenvalue weighted by atomic mass is 10.2. The standard InChI is InChI=1S/C17H16ClN3O5/c1-20(9-11-2-5-13(18)6-3-11)16(22)10-26-17(23)12-4-7-14(19)15(8-12)21(24)25/h2-8H,9-10,19H2,1H3. The fourth-order valence-corrected chi connectivity index (χ4v) is 2.23. The van der Waals surface area contributed by atoms with Crippen LogP contribution in [0.4, 0.5) is 11.4 Å². The first-order valence-corrected chi connectivity index (χ1v) is 7.85. The molecule has 136 valence electrons. The number of anilines is 1. The SMILES string of the molecule is CN(Cc1ccc(Cl)cc1)C(=O)COC(=O)c1ccc(N)c([N+](=O)[O-])c1. The molecule has 26 heavy (non-hydrogen) atoms. The molecule has 0 fully saturated rings. The summed E-state index contributed by atoms with van der Waals surface area (Å²) >= 11 is 5.81. The van der Waals surface area contributed by atoms with Crippen LogP contribution >= 0.6 is 11.6 Å². The number of nitro groups is 1. The summed E-state index contributed by atoms with van der Waals surface area (Å²) in [7, 11) is 1.57. The summed E-state index contributed by atoms with van der Waals surface area (Å²) in [5.74, 6) is -1.26. The van der Waals surface area contributed by atoms with Crippen LogP contribution in [0.3, 0.4) is 0 Å². The van der Waals surface area contributed by atoms with Gasteiger partial charge in [-0.2, -0.15) is 0 Å². The first-order valence-electron chi connectivity index (χ1n) is 7.47. The number of nitrogens with zero attached hydrogens (tertiary/aromatic N) is 2. The number of nitrogens with two attached hydrogens (primary N) is 1. The average Bonchev–Trinajstić information content (AvgIpc) is 2.61. The van der Waals surface area contributed by atoms with E-state index in [1.165, 1.54) is 17.0 Å². The predicted molar refractivity (Wildman–Crippen MR) is 95.7 cm³/mol. The highest BCUT2D eigenvalue weighted by Gasteiger charge is 2.18. The van der Waals surface area contributed by atoms with Crippen LogP contribution in [-0.4, -0.2) is 35.4 Å². The van der Waals surface area contributed by atoms with E-state index in [-0.39, 0.29) is 11.3 Å². The number of carbonyl (C=O) groups is 2. The Hall–Kier alpha value is -3.13. The normalized spacial score (nSPS) is 10.2. The van der Waals surface area contributed by atoms with Crippen molar-refractivity contribution < 1.29 is 19.2 Å². The third-order valence-electron chi connectivity index (χ3n) is 3.55. The van der Waals surface area contributed by atoms with Crippen LogP contribution < -0.4 is 5.73 Å².